The quantitative estimate of drug-likeness (QED) is 0.239. The van der Waals surface area contributed by atoms with Crippen LogP contribution in [0.5, 0.6) is 0 Å². The van der Waals surface area contributed by atoms with Crippen LogP contribution in [-0.2, 0) is 18.8 Å². The van der Waals surface area contributed by atoms with Crippen LogP contribution in [0.1, 0.15) is 73.6 Å². The van der Waals surface area contributed by atoms with Gasteiger partial charge in [0, 0.05) is 6.10 Å². The lowest BCUT2D eigenvalue weighted by Crippen LogP contribution is -2.47. The maximum Gasteiger partial charge on any atom is 0.313 e. The summed E-state index contributed by atoms with van der Waals surface area (Å²) in [5.41, 5.74) is 1.27. The van der Waals surface area contributed by atoms with Crippen LogP contribution in [0.2, 0.25) is 18.1 Å². The molecule has 0 bridgehead atoms. The number of hydrogen-bond acceptors (Lipinski definition) is 4. The average Bonchev–Trinajstić information content (AvgIpc) is 2.90. The first kappa shape index (κ1) is 22.3. The number of ether oxygens (including phenoxy) is 1. The zero-order valence-corrected chi connectivity index (χ0v) is 19.1. The number of carbonyl (C=O) groups excluding carboxylic acids is 2. The molecule has 4 atom stereocenters. The molecule has 2 fully saturated rings. The Bertz CT molecular complexity index is 573. The first-order valence-corrected chi connectivity index (χ1v) is 13.3. The van der Waals surface area contributed by atoms with Gasteiger partial charge in [0.25, 0.3) is 0 Å². The van der Waals surface area contributed by atoms with Crippen molar-refractivity contribution < 1.29 is 18.8 Å². The van der Waals surface area contributed by atoms with Crippen LogP contribution in [0.4, 0.5) is 0 Å². The fourth-order valence-electron chi connectivity index (χ4n) is 5.46. The molecular weight excluding hydrogens is 356 g/mol. The molecule has 4 nitrogen and oxygen atoms in total. The van der Waals surface area contributed by atoms with Crippen molar-refractivity contribution in [3.8, 4) is 0 Å². The predicted molar refractivity (Wildman–Crippen MR) is 111 cm³/mol. The maximum atomic E-state index is 12.1. The second kappa shape index (κ2) is 9.04. The Morgan fingerprint density at radius 3 is 2.37 bits per heavy atom. The standard InChI is InChI=1S/C22H38O4Si/c1-7-17-20(25-21(24)14-16(5)23)15-18-19(12-11-13-22(17,18)6)26-27(8-2,9-3)10-4/h7,18-20H,8-15H2,1-6H3/b17-7+/t18-,19-,20+,22+/m0/s1. The Morgan fingerprint density at radius 2 is 1.85 bits per heavy atom. The second-order valence-electron chi connectivity index (χ2n) is 8.65. The van der Waals surface area contributed by atoms with Gasteiger partial charge in [0.2, 0.25) is 0 Å². The molecule has 0 aromatic heterocycles. The third-order valence-corrected chi connectivity index (χ3v) is 11.9. The number of rotatable bonds is 8. The normalized spacial score (nSPS) is 32.4. The molecule has 154 valence electrons. The zero-order chi connectivity index (χ0) is 20.2. The number of fused-ring (bicyclic) bond motifs is 1. The molecule has 0 radical (unpaired) electrons. The second-order valence-corrected chi connectivity index (χ2v) is 13.4. The fraction of sp³-hybridized carbons (Fsp3) is 0.818. The largest absolute Gasteiger partial charge is 0.457 e. The van der Waals surface area contributed by atoms with Crippen molar-refractivity contribution in [1.29, 1.82) is 0 Å². The topological polar surface area (TPSA) is 52.6 Å². The van der Waals surface area contributed by atoms with Crippen LogP contribution >= 0.6 is 0 Å². The van der Waals surface area contributed by atoms with E-state index in [9.17, 15) is 9.59 Å². The van der Waals surface area contributed by atoms with Gasteiger partial charge in [-0.3, -0.25) is 9.59 Å². The molecule has 2 saturated carbocycles. The lowest BCUT2D eigenvalue weighted by molar-refractivity contribution is -0.149. The van der Waals surface area contributed by atoms with Crippen LogP contribution < -0.4 is 0 Å². The van der Waals surface area contributed by atoms with Crippen molar-refractivity contribution in [3.63, 3.8) is 0 Å². The highest BCUT2D eigenvalue weighted by Gasteiger charge is 2.54. The molecule has 0 aromatic rings. The average molecular weight is 395 g/mol. The van der Waals surface area contributed by atoms with E-state index >= 15 is 0 Å². The van der Waals surface area contributed by atoms with Crippen molar-refractivity contribution in [2.24, 2.45) is 11.3 Å². The Morgan fingerprint density at radius 1 is 1.22 bits per heavy atom. The molecule has 0 unspecified atom stereocenters. The van der Waals surface area contributed by atoms with Crippen molar-refractivity contribution in [3.05, 3.63) is 11.6 Å². The summed E-state index contributed by atoms with van der Waals surface area (Å²) >= 11 is 0. The summed E-state index contributed by atoms with van der Waals surface area (Å²) in [6.45, 7) is 12.6. The molecule has 0 amide bonds. The van der Waals surface area contributed by atoms with Gasteiger partial charge < -0.3 is 9.16 Å². The lowest BCUT2D eigenvalue weighted by atomic mass is 9.66. The van der Waals surface area contributed by atoms with Crippen LogP contribution in [0.3, 0.4) is 0 Å². The maximum absolute atomic E-state index is 12.1. The molecule has 5 heteroatoms. The summed E-state index contributed by atoms with van der Waals surface area (Å²) in [6, 6.07) is 3.48. The van der Waals surface area contributed by atoms with Gasteiger partial charge in [-0.2, -0.15) is 0 Å². The summed E-state index contributed by atoms with van der Waals surface area (Å²) in [5, 5.41) is 0. The third kappa shape index (κ3) is 4.56. The number of allylic oxidation sites excluding steroid dienone is 1. The molecule has 0 aliphatic heterocycles. The van der Waals surface area contributed by atoms with Crippen molar-refractivity contribution in [1.82, 2.24) is 0 Å². The summed E-state index contributed by atoms with van der Waals surface area (Å²) in [4.78, 5) is 23.4. The highest BCUT2D eigenvalue weighted by Crippen LogP contribution is 2.57. The molecule has 0 spiro atoms. The number of hydrogen-bond donors (Lipinski definition) is 0. The monoisotopic (exact) mass is 394 g/mol. The lowest BCUT2D eigenvalue weighted by Gasteiger charge is -2.45. The molecule has 2 aliphatic carbocycles. The number of Topliss-reactive ketones (excluding diaryl/α,β-unsaturated/α-hetero) is 1. The van der Waals surface area contributed by atoms with Gasteiger partial charge in [0.05, 0.1) is 0 Å². The predicted octanol–water partition coefficient (Wildman–Crippen LogP) is 5.42. The molecule has 0 saturated heterocycles. The van der Waals surface area contributed by atoms with Crippen LogP contribution in [0, 0.1) is 11.3 Å². The van der Waals surface area contributed by atoms with E-state index in [4.69, 9.17) is 9.16 Å². The minimum atomic E-state index is -1.68. The fourth-order valence-corrected chi connectivity index (χ4v) is 8.38. The first-order chi connectivity index (χ1) is 12.7. The van der Waals surface area contributed by atoms with Crippen LogP contribution in [-0.4, -0.2) is 32.3 Å². The molecule has 0 N–H and O–H groups in total. The zero-order valence-electron chi connectivity index (χ0n) is 18.1. The molecule has 2 rings (SSSR count). The van der Waals surface area contributed by atoms with Gasteiger partial charge in [-0.05, 0) is 68.1 Å². The van der Waals surface area contributed by atoms with Gasteiger partial charge in [-0.25, -0.2) is 0 Å². The number of carbonyl (C=O) groups is 2. The van der Waals surface area contributed by atoms with E-state index in [1.807, 2.05) is 6.92 Å². The van der Waals surface area contributed by atoms with E-state index in [0.717, 1.165) is 43.8 Å². The molecule has 0 aromatic carbocycles. The van der Waals surface area contributed by atoms with Gasteiger partial charge in [0.15, 0.2) is 8.32 Å². The van der Waals surface area contributed by atoms with Crippen LogP contribution in [0.25, 0.3) is 0 Å². The summed E-state index contributed by atoms with van der Waals surface area (Å²) in [5.74, 6) is -0.149. The van der Waals surface area contributed by atoms with Crippen molar-refractivity contribution in [2.45, 2.75) is 104 Å². The van der Waals surface area contributed by atoms with E-state index in [1.54, 1.807) is 0 Å². The molecule has 2 aliphatic rings. The highest BCUT2D eigenvalue weighted by atomic mass is 28.4. The van der Waals surface area contributed by atoms with Crippen LogP contribution in [0.15, 0.2) is 11.6 Å². The molecular formula is C22H38O4Si. The molecule has 0 heterocycles. The van der Waals surface area contributed by atoms with E-state index in [1.165, 1.54) is 12.5 Å². The van der Waals surface area contributed by atoms with E-state index in [2.05, 4.69) is 33.8 Å². The highest BCUT2D eigenvalue weighted by molar-refractivity contribution is 6.73. The number of esters is 1. The molecule has 27 heavy (non-hydrogen) atoms. The SMILES string of the molecule is C/C=C1\[C@H](OC(=O)CC(C)=O)C[C@H]2[C@@H](O[Si](CC)(CC)CC)CCC[C@]12C. The summed E-state index contributed by atoms with van der Waals surface area (Å²) in [7, 11) is -1.68. The minimum Gasteiger partial charge on any atom is -0.457 e. The number of ketones is 1. The Balaban J connectivity index is 2.23. The van der Waals surface area contributed by atoms with Gasteiger partial charge in [-0.15, -0.1) is 0 Å². The smallest absolute Gasteiger partial charge is 0.313 e. The van der Waals surface area contributed by atoms with Crippen molar-refractivity contribution >= 4 is 20.1 Å². The van der Waals surface area contributed by atoms with E-state index in [-0.39, 0.29) is 29.8 Å². The Hall–Kier alpha value is -0.943. The van der Waals surface area contributed by atoms with Gasteiger partial charge in [-0.1, -0.05) is 40.2 Å². The van der Waals surface area contributed by atoms with Gasteiger partial charge >= 0.3 is 5.97 Å². The Labute approximate surface area is 166 Å². The van der Waals surface area contributed by atoms with Crippen molar-refractivity contribution in [2.75, 3.05) is 0 Å². The first-order valence-electron chi connectivity index (χ1n) is 10.8. The minimum absolute atomic E-state index is 0.0359. The Kier molecular flexibility index (Phi) is 7.48. The van der Waals surface area contributed by atoms with E-state index in [0.29, 0.717) is 5.92 Å². The third-order valence-electron chi connectivity index (χ3n) is 7.24. The van der Waals surface area contributed by atoms with Gasteiger partial charge in [0.1, 0.15) is 18.3 Å². The summed E-state index contributed by atoms with van der Waals surface area (Å²) in [6.07, 6.45) is 6.28. The summed E-state index contributed by atoms with van der Waals surface area (Å²) < 4.78 is 12.7. The van der Waals surface area contributed by atoms with E-state index < -0.39 is 14.3 Å².